The van der Waals surface area contributed by atoms with Crippen LogP contribution >= 0.6 is 0 Å². The van der Waals surface area contributed by atoms with Crippen molar-refractivity contribution < 1.29 is 14.2 Å². The Morgan fingerprint density at radius 2 is 1.94 bits per heavy atom. The van der Waals surface area contributed by atoms with E-state index in [4.69, 9.17) is 19.2 Å². The molecule has 0 amide bonds. The van der Waals surface area contributed by atoms with Gasteiger partial charge < -0.3 is 24.0 Å². The molecule has 2 aliphatic rings. The maximum atomic E-state index is 12.5. The second-order valence-corrected chi connectivity index (χ2v) is 8.11. The number of ether oxygens (including phenoxy) is 3. The smallest absolute Gasteiger partial charge is 0.254 e. The van der Waals surface area contributed by atoms with Crippen LogP contribution in [0.25, 0.3) is 0 Å². The van der Waals surface area contributed by atoms with Gasteiger partial charge in [0.05, 0.1) is 27.4 Å². The fraction of sp³-hybridized carbons (Fsp3) is 0.565. The van der Waals surface area contributed by atoms with Crippen molar-refractivity contribution in [1.29, 1.82) is 0 Å². The molecule has 1 aromatic carbocycles. The molecule has 2 aromatic rings. The second-order valence-electron chi connectivity index (χ2n) is 8.11. The fourth-order valence-electron chi connectivity index (χ4n) is 4.49. The van der Waals surface area contributed by atoms with Crippen LogP contribution in [0.2, 0.25) is 0 Å². The Kier molecular flexibility index (Phi) is 6.96. The molecule has 3 heterocycles. The molecule has 4 rings (SSSR count). The minimum absolute atomic E-state index is 0.117. The summed E-state index contributed by atoms with van der Waals surface area (Å²) >= 11 is 0. The van der Waals surface area contributed by atoms with Gasteiger partial charge in [-0.3, -0.25) is 9.78 Å². The van der Waals surface area contributed by atoms with Gasteiger partial charge in [-0.2, -0.15) is 4.98 Å². The zero-order chi connectivity index (χ0) is 21.6. The van der Waals surface area contributed by atoms with Crippen LogP contribution in [0.4, 0.5) is 11.8 Å². The molecule has 31 heavy (non-hydrogen) atoms. The Balaban J connectivity index is 1.64. The van der Waals surface area contributed by atoms with Crippen LogP contribution in [-0.2, 0) is 11.2 Å². The van der Waals surface area contributed by atoms with E-state index >= 15 is 0 Å². The normalized spacial score (nSPS) is 19.7. The number of rotatable bonds is 6. The predicted octanol–water partition coefficient (Wildman–Crippen LogP) is 2.62. The van der Waals surface area contributed by atoms with Crippen molar-refractivity contribution in [2.45, 2.75) is 38.1 Å². The molecule has 0 spiro atoms. The lowest BCUT2D eigenvalue weighted by atomic mass is 10.00. The van der Waals surface area contributed by atoms with Gasteiger partial charge in [0.15, 0.2) is 0 Å². The molecule has 1 atom stereocenters. The second kappa shape index (κ2) is 10.0. The van der Waals surface area contributed by atoms with Crippen molar-refractivity contribution in [2.75, 3.05) is 56.9 Å². The standard InChI is InChI=1S/C23H32N4O4/c1-29-19-7-8-20(30-2)17(15-19)14-18-6-4-3-5-9-27(18)23-24-21(16-22(28)25-23)26-10-12-31-13-11-26/h7-8,15-16,18H,3-6,9-14H2,1-2H3,(H,24,25,28)/t18-/m1/s1. The molecule has 0 saturated carbocycles. The third-order valence-electron chi connectivity index (χ3n) is 6.14. The van der Waals surface area contributed by atoms with Crippen LogP contribution in [0.3, 0.4) is 0 Å². The lowest BCUT2D eigenvalue weighted by molar-refractivity contribution is 0.122. The van der Waals surface area contributed by atoms with Crippen LogP contribution in [0.1, 0.15) is 31.2 Å². The minimum Gasteiger partial charge on any atom is -0.497 e. The van der Waals surface area contributed by atoms with Gasteiger partial charge in [-0.1, -0.05) is 12.8 Å². The summed E-state index contributed by atoms with van der Waals surface area (Å²) in [6.07, 6.45) is 5.24. The van der Waals surface area contributed by atoms with E-state index < -0.39 is 0 Å². The van der Waals surface area contributed by atoms with Gasteiger partial charge in [-0.15, -0.1) is 0 Å². The van der Waals surface area contributed by atoms with Gasteiger partial charge >= 0.3 is 0 Å². The molecule has 1 N–H and O–H groups in total. The summed E-state index contributed by atoms with van der Waals surface area (Å²) in [6, 6.07) is 7.72. The van der Waals surface area contributed by atoms with Crippen LogP contribution in [-0.4, -0.2) is 63.1 Å². The highest BCUT2D eigenvalue weighted by Crippen LogP contribution is 2.30. The number of benzene rings is 1. The summed E-state index contributed by atoms with van der Waals surface area (Å²) < 4.78 is 16.5. The zero-order valence-corrected chi connectivity index (χ0v) is 18.4. The molecular formula is C23H32N4O4. The number of aromatic nitrogens is 2. The molecule has 8 heteroatoms. The van der Waals surface area contributed by atoms with Gasteiger partial charge in [0.2, 0.25) is 5.95 Å². The summed E-state index contributed by atoms with van der Waals surface area (Å²) in [5, 5.41) is 0. The number of anilines is 2. The van der Waals surface area contributed by atoms with Crippen molar-refractivity contribution in [3.8, 4) is 11.5 Å². The summed E-state index contributed by atoms with van der Waals surface area (Å²) in [5.41, 5.74) is 0.985. The average Bonchev–Trinajstić information content (AvgIpc) is 3.04. The third-order valence-corrected chi connectivity index (χ3v) is 6.14. The summed E-state index contributed by atoms with van der Waals surface area (Å²) in [6.45, 7) is 3.69. The predicted molar refractivity (Wildman–Crippen MR) is 121 cm³/mol. The molecule has 0 aliphatic carbocycles. The number of morpholine rings is 1. The SMILES string of the molecule is COc1ccc(OC)c(C[C@H]2CCCCCN2c2nc(N3CCOCC3)cc(=O)[nH]2)c1. The maximum absolute atomic E-state index is 12.5. The maximum Gasteiger partial charge on any atom is 0.254 e. The van der Waals surface area contributed by atoms with Crippen LogP contribution in [0.15, 0.2) is 29.1 Å². The lowest BCUT2D eigenvalue weighted by Crippen LogP contribution is -2.41. The Morgan fingerprint density at radius 3 is 2.71 bits per heavy atom. The summed E-state index contributed by atoms with van der Waals surface area (Å²) in [4.78, 5) is 24.8. The van der Waals surface area contributed by atoms with E-state index in [0.29, 0.717) is 19.2 Å². The number of aromatic amines is 1. The topological polar surface area (TPSA) is 79.9 Å². The van der Waals surface area contributed by atoms with Crippen molar-refractivity contribution in [3.63, 3.8) is 0 Å². The summed E-state index contributed by atoms with van der Waals surface area (Å²) in [5.74, 6) is 3.05. The Labute approximate surface area is 183 Å². The molecule has 0 radical (unpaired) electrons. The van der Waals surface area contributed by atoms with E-state index in [1.807, 2.05) is 18.2 Å². The number of H-pyrrole nitrogens is 1. The van der Waals surface area contributed by atoms with Gasteiger partial charge in [0.25, 0.3) is 5.56 Å². The molecule has 0 unspecified atom stereocenters. The number of hydrogen-bond acceptors (Lipinski definition) is 7. The van der Waals surface area contributed by atoms with Gasteiger partial charge in [0, 0.05) is 31.7 Å². The number of nitrogens with one attached hydrogen (secondary N) is 1. The monoisotopic (exact) mass is 428 g/mol. The van der Waals surface area contributed by atoms with Crippen LogP contribution in [0, 0.1) is 0 Å². The highest BCUT2D eigenvalue weighted by Gasteiger charge is 2.26. The molecular weight excluding hydrogens is 396 g/mol. The third kappa shape index (κ3) is 5.12. The minimum atomic E-state index is -0.117. The highest BCUT2D eigenvalue weighted by molar-refractivity contribution is 5.46. The fourth-order valence-corrected chi connectivity index (χ4v) is 4.49. The molecule has 0 bridgehead atoms. The van der Waals surface area contributed by atoms with E-state index in [1.165, 1.54) is 6.42 Å². The first-order chi connectivity index (χ1) is 15.2. The first-order valence-electron chi connectivity index (χ1n) is 11.1. The largest absolute Gasteiger partial charge is 0.497 e. The van der Waals surface area contributed by atoms with Crippen molar-refractivity contribution in [1.82, 2.24) is 9.97 Å². The van der Waals surface area contributed by atoms with Crippen molar-refractivity contribution in [3.05, 3.63) is 40.2 Å². The Bertz CT molecular complexity index is 926. The number of methoxy groups -OCH3 is 2. The van der Waals surface area contributed by atoms with Crippen molar-refractivity contribution >= 4 is 11.8 Å². The average molecular weight is 429 g/mol. The van der Waals surface area contributed by atoms with E-state index in [0.717, 1.165) is 68.2 Å². The molecule has 8 nitrogen and oxygen atoms in total. The molecule has 2 saturated heterocycles. The Hall–Kier alpha value is -2.74. The molecule has 2 aliphatic heterocycles. The highest BCUT2D eigenvalue weighted by atomic mass is 16.5. The van der Waals surface area contributed by atoms with E-state index in [-0.39, 0.29) is 11.6 Å². The van der Waals surface area contributed by atoms with Crippen molar-refractivity contribution in [2.24, 2.45) is 0 Å². The van der Waals surface area contributed by atoms with E-state index in [2.05, 4.69) is 14.8 Å². The zero-order valence-electron chi connectivity index (χ0n) is 18.4. The van der Waals surface area contributed by atoms with Crippen LogP contribution < -0.4 is 24.8 Å². The van der Waals surface area contributed by atoms with Gasteiger partial charge in [-0.25, -0.2) is 0 Å². The molecule has 168 valence electrons. The lowest BCUT2D eigenvalue weighted by Gasteiger charge is -2.33. The first kappa shape index (κ1) is 21.5. The molecule has 1 aromatic heterocycles. The number of hydrogen-bond donors (Lipinski definition) is 1. The number of nitrogens with zero attached hydrogens (tertiary/aromatic N) is 3. The quantitative estimate of drug-likeness (QED) is 0.758. The molecule has 2 fully saturated rings. The van der Waals surface area contributed by atoms with Crippen LogP contribution in [0.5, 0.6) is 11.5 Å². The van der Waals surface area contributed by atoms with Gasteiger partial charge in [-0.05, 0) is 43.0 Å². The van der Waals surface area contributed by atoms with E-state index in [1.54, 1.807) is 20.3 Å². The first-order valence-corrected chi connectivity index (χ1v) is 11.1. The van der Waals surface area contributed by atoms with E-state index in [9.17, 15) is 4.79 Å². The Morgan fingerprint density at radius 1 is 1.10 bits per heavy atom. The summed E-state index contributed by atoms with van der Waals surface area (Å²) in [7, 11) is 3.37. The van der Waals surface area contributed by atoms with Gasteiger partial charge in [0.1, 0.15) is 17.3 Å².